The highest BCUT2D eigenvalue weighted by atomic mass is 19.1. The molecule has 530 valence electrons. The summed E-state index contributed by atoms with van der Waals surface area (Å²) >= 11 is 0. The predicted molar refractivity (Wildman–Crippen MR) is 353 cm³/mol. The lowest BCUT2D eigenvalue weighted by Gasteiger charge is -2.32. The Balaban J connectivity index is 1.32. The Kier molecular flexibility index (Phi) is 29.3. The van der Waals surface area contributed by atoms with Crippen LogP contribution in [0.3, 0.4) is 0 Å². The molecule has 0 aliphatic heterocycles. The number of aliphatic carboxylic acids is 3. The van der Waals surface area contributed by atoms with Gasteiger partial charge in [-0.05, 0) is 80.0 Å². The van der Waals surface area contributed by atoms with E-state index in [0.29, 0.717) is 18.1 Å². The molecule has 0 heterocycles. The number of amides is 10. The number of aliphatic hydroxyl groups is 3. The number of nitrogens with two attached hydrogens (primary N) is 1. The largest absolute Gasteiger partial charge is 0.481 e. The number of rotatable bonds is 37. The number of benzene rings is 5. The summed E-state index contributed by atoms with van der Waals surface area (Å²) in [5.74, 6) is -21.3. The number of aliphatic hydroxyl groups excluding tert-OH is 3. The number of carboxylic acids is 3. The van der Waals surface area contributed by atoms with Gasteiger partial charge < -0.3 is 89.5 Å². The van der Waals surface area contributed by atoms with Crippen LogP contribution >= 0.6 is 0 Å². The normalized spacial score (nSPS) is 14.8. The zero-order valence-corrected chi connectivity index (χ0v) is 54.7. The number of carbonyl (C=O) groups is 13. The molecule has 0 aliphatic carbocycles. The highest BCUT2D eigenvalue weighted by Crippen LogP contribution is 2.23. The fraction of sp³-hybridized carbons (Fsp3) is 0.368. The zero-order chi connectivity index (χ0) is 73.3. The fourth-order valence-electron chi connectivity index (χ4n) is 9.68. The molecule has 0 bridgehead atoms. The second-order valence-electron chi connectivity index (χ2n) is 23.9. The van der Waals surface area contributed by atoms with Crippen LogP contribution in [0.15, 0.2) is 140 Å². The quantitative estimate of drug-likeness (QED) is 0.0207. The lowest BCUT2D eigenvalue weighted by Crippen LogP contribution is -2.67. The molecule has 0 aromatic heterocycles. The van der Waals surface area contributed by atoms with E-state index in [9.17, 15) is 93.0 Å². The number of halogens is 1. The van der Waals surface area contributed by atoms with Crippen molar-refractivity contribution in [2.24, 2.45) is 5.73 Å². The molecule has 0 aliphatic rings. The first-order chi connectivity index (χ1) is 46.7. The maximum absolute atomic E-state index is 17.2. The Morgan fingerprint density at radius 2 is 0.879 bits per heavy atom. The topological polar surface area (TPSA) is 490 Å². The van der Waals surface area contributed by atoms with Crippen LogP contribution in [0.1, 0.15) is 70.6 Å². The zero-order valence-electron chi connectivity index (χ0n) is 54.7. The van der Waals surface area contributed by atoms with Crippen molar-refractivity contribution in [1.82, 2.24) is 53.2 Å². The van der Waals surface area contributed by atoms with Gasteiger partial charge in [-0.3, -0.25) is 57.5 Å². The molecule has 18 N–H and O–H groups in total. The summed E-state index contributed by atoms with van der Waals surface area (Å²) < 4.78 is 17.2. The van der Waals surface area contributed by atoms with Crippen molar-refractivity contribution in [2.75, 3.05) is 13.2 Å². The van der Waals surface area contributed by atoms with E-state index in [1.54, 1.807) is 65.2 Å². The fourth-order valence-corrected chi connectivity index (χ4v) is 9.68. The van der Waals surface area contributed by atoms with Crippen LogP contribution < -0.4 is 58.9 Å². The van der Waals surface area contributed by atoms with Crippen LogP contribution in [0.5, 0.6) is 0 Å². The SMILES string of the molecule is C[C@H](N)C(=O)NC(C)(C)C(=O)N[C@@H](CCC(=O)O)C(=O)NCC(=O)N[C@H](C(=O)N[C@@H](Cc1ccccc1)C(=O)N[C@](F)(C(=O)N[C@@H](CO)C(=O)N[C@@H](CC(=O)O)C(=O)N[C@@H](Cc1ccc(-c2ccccc2)cc1)C(=O)N[C@@H](Cc1ccc(-c2ccccc2)cc1)C(=O)O)[C@@H](C)O)[C@@H](C)O. The number of nitrogens with one attached hydrogen (secondary N) is 10. The van der Waals surface area contributed by atoms with E-state index in [-0.39, 0.29) is 18.4 Å². The molecule has 0 spiro atoms. The second-order valence-corrected chi connectivity index (χ2v) is 23.9. The van der Waals surface area contributed by atoms with E-state index < -0.39 is 188 Å². The highest BCUT2D eigenvalue weighted by Gasteiger charge is 2.48. The second kappa shape index (κ2) is 36.9. The first-order valence-electron chi connectivity index (χ1n) is 31.2. The highest BCUT2D eigenvalue weighted by molar-refractivity contribution is 6.00. The lowest BCUT2D eigenvalue weighted by molar-refractivity contribution is -0.153. The average molecular weight is 1380 g/mol. The van der Waals surface area contributed by atoms with Crippen molar-refractivity contribution in [2.45, 2.75) is 145 Å². The Hall–Kier alpha value is -11.0. The number of hydrogen-bond donors (Lipinski definition) is 17. The summed E-state index contributed by atoms with van der Waals surface area (Å²) in [4.78, 5) is 173. The monoisotopic (exact) mass is 1380 g/mol. The van der Waals surface area contributed by atoms with Gasteiger partial charge in [0, 0.05) is 25.7 Å². The minimum atomic E-state index is -3.98. The Morgan fingerprint density at radius 1 is 0.455 bits per heavy atom. The van der Waals surface area contributed by atoms with E-state index in [1.165, 1.54) is 45.0 Å². The van der Waals surface area contributed by atoms with E-state index in [0.717, 1.165) is 29.2 Å². The minimum absolute atomic E-state index is 0.230. The smallest absolute Gasteiger partial charge is 0.326 e. The summed E-state index contributed by atoms with van der Waals surface area (Å²) in [6.45, 7) is 3.21. The van der Waals surface area contributed by atoms with Gasteiger partial charge in [0.15, 0.2) is 0 Å². The van der Waals surface area contributed by atoms with Gasteiger partial charge in [-0.15, -0.1) is 0 Å². The van der Waals surface area contributed by atoms with Gasteiger partial charge in [-0.25, -0.2) is 9.18 Å². The maximum atomic E-state index is 17.2. The molecular weight excluding hydrogens is 1290 g/mol. The molecule has 5 aromatic carbocycles. The minimum Gasteiger partial charge on any atom is -0.481 e. The summed E-state index contributed by atoms with van der Waals surface area (Å²) in [6, 6.07) is 25.3. The molecule has 0 radical (unpaired) electrons. The third-order valence-electron chi connectivity index (χ3n) is 15.4. The van der Waals surface area contributed by atoms with Crippen molar-refractivity contribution >= 4 is 77.0 Å². The summed E-state index contributed by atoms with van der Waals surface area (Å²) in [5.41, 5.74) is 8.43. The predicted octanol–water partition coefficient (Wildman–Crippen LogP) is -1.24. The summed E-state index contributed by atoms with van der Waals surface area (Å²) in [7, 11) is 0. The number of carbonyl (C=O) groups excluding carboxylic acids is 10. The maximum Gasteiger partial charge on any atom is 0.326 e. The standard InChI is InChI=1S/C68H82FN11O19/c1-37(70)57(89)79-67(4,5)65(98)76-47(29-30-54(85)86)58(90)71-35-53(84)78-56(38(2)82)63(95)74-49(31-40-15-9-6-10-16-40)62(94)80-68(69,39(3)83)66(99)77-52(36-81)61(93)73-50(34-55(87)88)60(92)72-48(32-41-21-25-45(26-22-41)43-17-11-7-12-18-43)59(91)75-51(64(96)97)33-42-23-27-46(28-24-42)44-19-13-8-14-20-44/h6-28,37-39,47-52,56,81-83H,29-36,70H2,1-5H3,(H,71,90)(H,72,92)(H,73,93)(H,74,95)(H,75,91)(H,76,98)(H,77,99)(H,78,84)(H,79,89)(H,80,94)(H,85,86)(H,87,88)(H,96,97)/t37-,38+,39+,47-,48-,49-,50-,51-,52-,56-,68-/m0/s1. The van der Waals surface area contributed by atoms with Gasteiger partial charge in [-0.2, -0.15) is 0 Å². The third-order valence-corrected chi connectivity index (χ3v) is 15.4. The van der Waals surface area contributed by atoms with Crippen molar-refractivity contribution < 1.29 is 97.4 Å². The van der Waals surface area contributed by atoms with Crippen LogP contribution in [0.25, 0.3) is 22.3 Å². The van der Waals surface area contributed by atoms with Crippen molar-refractivity contribution in [1.29, 1.82) is 0 Å². The molecular formula is C68H82FN11O19. The van der Waals surface area contributed by atoms with Crippen LogP contribution in [0, 0.1) is 0 Å². The molecule has 0 saturated heterocycles. The Morgan fingerprint density at radius 3 is 1.34 bits per heavy atom. The molecule has 5 rings (SSSR count). The van der Waals surface area contributed by atoms with E-state index in [1.807, 2.05) is 66.0 Å². The average Bonchev–Trinajstić information content (AvgIpc) is 0.809. The van der Waals surface area contributed by atoms with Gasteiger partial charge in [-0.1, -0.05) is 140 Å². The summed E-state index contributed by atoms with van der Waals surface area (Å²) in [5, 5.41) is 83.2. The molecule has 0 saturated carbocycles. The van der Waals surface area contributed by atoms with Gasteiger partial charge in [0.25, 0.3) is 11.7 Å². The van der Waals surface area contributed by atoms with Crippen LogP contribution in [0.2, 0.25) is 0 Å². The van der Waals surface area contributed by atoms with Gasteiger partial charge >= 0.3 is 17.9 Å². The van der Waals surface area contributed by atoms with Crippen molar-refractivity contribution in [3.63, 3.8) is 0 Å². The third kappa shape index (κ3) is 24.2. The molecule has 99 heavy (non-hydrogen) atoms. The Bertz CT molecular complexity index is 3660. The molecule has 31 heteroatoms. The first kappa shape index (κ1) is 78.7. The van der Waals surface area contributed by atoms with Gasteiger partial charge in [0.1, 0.15) is 53.9 Å². The van der Waals surface area contributed by atoms with Gasteiger partial charge in [0.2, 0.25) is 53.2 Å². The number of alkyl halides is 1. The molecule has 10 amide bonds. The van der Waals surface area contributed by atoms with Crippen molar-refractivity contribution in [3.8, 4) is 22.3 Å². The van der Waals surface area contributed by atoms with Gasteiger partial charge in [0.05, 0.1) is 31.7 Å². The van der Waals surface area contributed by atoms with Crippen LogP contribution in [-0.2, 0) is 81.6 Å². The first-order valence-corrected chi connectivity index (χ1v) is 31.2. The van der Waals surface area contributed by atoms with Crippen LogP contribution in [-0.4, -0.2) is 193 Å². The van der Waals surface area contributed by atoms with E-state index in [4.69, 9.17) is 5.73 Å². The molecule has 5 aromatic rings. The molecule has 11 atom stereocenters. The Labute approximate surface area is 567 Å². The molecule has 0 unspecified atom stereocenters. The van der Waals surface area contributed by atoms with Crippen LogP contribution in [0.4, 0.5) is 4.39 Å². The lowest BCUT2D eigenvalue weighted by atomic mass is 9.98. The van der Waals surface area contributed by atoms with Crippen molar-refractivity contribution in [3.05, 3.63) is 156 Å². The van der Waals surface area contributed by atoms with E-state index in [2.05, 4.69) is 37.2 Å². The number of hydrogen-bond acceptors (Lipinski definition) is 17. The molecule has 30 nitrogen and oxygen atoms in total. The number of carboxylic acid groups (broad SMARTS) is 3. The van der Waals surface area contributed by atoms with E-state index >= 15 is 4.39 Å². The molecule has 0 fully saturated rings. The summed E-state index contributed by atoms with van der Waals surface area (Å²) in [6.07, 6.45) is -7.81.